The smallest absolute Gasteiger partial charge is 0.305 e. The summed E-state index contributed by atoms with van der Waals surface area (Å²) in [7, 11) is 0. The van der Waals surface area contributed by atoms with E-state index in [4.69, 9.17) is 9.47 Å². The quantitative estimate of drug-likeness (QED) is 0.558. The topological polar surface area (TPSA) is 55.8 Å². The molecule has 1 aromatic rings. The first kappa shape index (κ1) is 16.5. The number of carbonyl (C=O) groups excluding carboxylic acids is 1. The van der Waals surface area contributed by atoms with Crippen LogP contribution in [-0.4, -0.2) is 24.3 Å². The van der Waals surface area contributed by atoms with Gasteiger partial charge in [0, 0.05) is 12.0 Å². The van der Waals surface area contributed by atoms with E-state index in [1.807, 2.05) is 32.0 Å². The van der Waals surface area contributed by atoms with E-state index < -0.39 is 0 Å². The van der Waals surface area contributed by atoms with Crippen LogP contribution in [0.4, 0.5) is 0 Å². The van der Waals surface area contributed by atoms with Crippen molar-refractivity contribution in [2.75, 3.05) is 13.2 Å². The van der Waals surface area contributed by atoms with E-state index in [1.54, 1.807) is 0 Å². The van der Waals surface area contributed by atoms with Crippen molar-refractivity contribution in [1.29, 1.82) is 0 Å². The summed E-state index contributed by atoms with van der Waals surface area (Å²) < 4.78 is 10.5. The van der Waals surface area contributed by atoms with Gasteiger partial charge >= 0.3 is 5.97 Å². The second kappa shape index (κ2) is 9.37. The Labute approximate surface area is 120 Å². The third kappa shape index (κ3) is 6.06. The largest absolute Gasteiger partial charge is 0.493 e. The number of rotatable bonds is 9. The molecule has 0 amide bonds. The number of carbonyl (C=O) groups is 1. The fourth-order valence-corrected chi connectivity index (χ4v) is 1.94. The van der Waals surface area contributed by atoms with Crippen LogP contribution in [0.1, 0.15) is 43.7 Å². The van der Waals surface area contributed by atoms with Gasteiger partial charge < -0.3 is 14.6 Å². The first-order valence-corrected chi connectivity index (χ1v) is 7.16. The first-order chi connectivity index (χ1) is 9.67. The molecule has 0 radical (unpaired) electrons. The predicted octanol–water partition coefficient (Wildman–Crippen LogP) is 2.99. The van der Waals surface area contributed by atoms with E-state index in [-0.39, 0.29) is 12.6 Å². The van der Waals surface area contributed by atoms with Crippen LogP contribution in [-0.2, 0) is 16.1 Å². The maximum Gasteiger partial charge on any atom is 0.305 e. The molecule has 0 unspecified atom stereocenters. The average Bonchev–Trinajstić information content (AvgIpc) is 2.44. The van der Waals surface area contributed by atoms with Crippen molar-refractivity contribution in [1.82, 2.24) is 0 Å². The normalized spacial score (nSPS) is 10.3. The highest BCUT2D eigenvalue weighted by Gasteiger charge is 2.04. The maximum atomic E-state index is 11.1. The Morgan fingerprint density at radius 2 is 2.05 bits per heavy atom. The molecule has 0 spiro atoms. The Morgan fingerprint density at radius 1 is 1.25 bits per heavy atom. The molecule has 0 saturated carbocycles. The lowest BCUT2D eigenvalue weighted by molar-refractivity contribution is -0.143. The molecule has 4 heteroatoms. The van der Waals surface area contributed by atoms with Gasteiger partial charge in [0.1, 0.15) is 5.75 Å². The standard InChI is InChI=1S/C16H24O4/c1-3-19-16(18)7-5-4-6-10-20-15-9-8-13(2)11-14(15)12-17/h8-9,11,17H,3-7,10,12H2,1-2H3. The SMILES string of the molecule is CCOC(=O)CCCCCOc1ccc(C)cc1CO. The highest BCUT2D eigenvalue weighted by atomic mass is 16.5. The second-order valence-electron chi connectivity index (χ2n) is 4.73. The average molecular weight is 280 g/mol. The Morgan fingerprint density at radius 3 is 2.75 bits per heavy atom. The summed E-state index contributed by atoms with van der Waals surface area (Å²) in [5.74, 6) is 0.609. The third-order valence-electron chi connectivity index (χ3n) is 2.97. The van der Waals surface area contributed by atoms with Crippen molar-refractivity contribution in [3.63, 3.8) is 0 Å². The molecule has 0 atom stereocenters. The van der Waals surface area contributed by atoms with Crippen LogP contribution in [0, 0.1) is 6.92 Å². The van der Waals surface area contributed by atoms with Gasteiger partial charge in [-0.1, -0.05) is 17.7 Å². The van der Waals surface area contributed by atoms with Crippen LogP contribution in [0.5, 0.6) is 5.75 Å². The molecule has 1 N–H and O–H groups in total. The lowest BCUT2D eigenvalue weighted by Gasteiger charge is -2.10. The molecular weight excluding hydrogens is 256 g/mol. The van der Waals surface area contributed by atoms with Gasteiger partial charge in [-0.3, -0.25) is 4.79 Å². The Kier molecular flexibility index (Phi) is 7.73. The first-order valence-electron chi connectivity index (χ1n) is 7.16. The van der Waals surface area contributed by atoms with E-state index in [2.05, 4.69) is 0 Å². The minimum absolute atomic E-state index is 0.0140. The number of aliphatic hydroxyl groups is 1. The molecule has 0 saturated heterocycles. The van der Waals surface area contributed by atoms with Crippen molar-refractivity contribution >= 4 is 5.97 Å². The lowest BCUT2D eigenvalue weighted by Crippen LogP contribution is -2.04. The van der Waals surface area contributed by atoms with E-state index in [9.17, 15) is 9.90 Å². The van der Waals surface area contributed by atoms with Crippen molar-refractivity contribution in [3.05, 3.63) is 29.3 Å². The monoisotopic (exact) mass is 280 g/mol. The molecule has 4 nitrogen and oxygen atoms in total. The highest BCUT2D eigenvalue weighted by Crippen LogP contribution is 2.20. The number of aryl methyl sites for hydroxylation is 1. The summed E-state index contributed by atoms with van der Waals surface area (Å²) in [6.45, 7) is 4.82. The number of ether oxygens (including phenoxy) is 2. The van der Waals surface area contributed by atoms with Gasteiger partial charge in [0.25, 0.3) is 0 Å². The summed E-state index contributed by atoms with van der Waals surface area (Å²) >= 11 is 0. The molecule has 1 aromatic carbocycles. The van der Waals surface area contributed by atoms with Gasteiger partial charge in [-0.25, -0.2) is 0 Å². The number of esters is 1. The summed E-state index contributed by atoms with van der Waals surface area (Å²) in [6, 6.07) is 5.78. The summed E-state index contributed by atoms with van der Waals surface area (Å²) in [5, 5.41) is 9.26. The molecular formula is C16H24O4. The molecule has 0 aliphatic carbocycles. The predicted molar refractivity (Wildman–Crippen MR) is 77.7 cm³/mol. The molecule has 0 aromatic heterocycles. The van der Waals surface area contributed by atoms with Gasteiger partial charge in [0.15, 0.2) is 0 Å². The Hall–Kier alpha value is -1.55. The molecule has 0 bridgehead atoms. The number of benzene rings is 1. The molecule has 0 heterocycles. The zero-order valence-corrected chi connectivity index (χ0v) is 12.4. The van der Waals surface area contributed by atoms with Crippen molar-refractivity contribution in [2.45, 2.75) is 46.1 Å². The zero-order valence-electron chi connectivity index (χ0n) is 12.4. The fourth-order valence-electron chi connectivity index (χ4n) is 1.94. The minimum Gasteiger partial charge on any atom is -0.493 e. The molecule has 0 aliphatic rings. The van der Waals surface area contributed by atoms with Gasteiger partial charge in [0.05, 0.1) is 19.8 Å². The van der Waals surface area contributed by atoms with Gasteiger partial charge in [0.2, 0.25) is 0 Å². The molecule has 1 rings (SSSR count). The highest BCUT2D eigenvalue weighted by molar-refractivity contribution is 5.69. The van der Waals surface area contributed by atoms with Crippen molar-refractivity contribution in [3.8, 4) is 5.75 Å². The second-order valence-corrected chi connectivity index (χ2v) is 4.73. The maximum absolute atomic E-state index is 11.1. The van der Waals surface area contributed by atoms with Crippen molar-refractivity contribution < 1.29 is 19.4 Å². The van der Waals surface area contributed by atoms with Crippen LogP contribution in [0.15, 0.2) is 18.2 Å². The molecule has 20 heavy (non-hydrogen) atoms. The molecule has 0 fully saturated rings. The Bertz CT molecular complexity index is 415. The fraction of sp³-hybridized carbons (Fsp3) is 0.562. The van der Waals surface area contributed by atoms with Gasteiger partial charge in [-0.15, -0.1) is 0 Å². The van der Waals surface area contributed by atoms with Gasteiger partial charge in [-0.2, -0.15) is 0 Å². The van der Waals surface area contributed by atoms with E-state index >= 15 is 0 Å². The summed E-state index contributed by atoms with van der Waals surface area (Å²) in [4.78, 5) is 11.1. The minimum atomic E-state index is -0.130. The van der Waals surface area contributed by atoms with Crippen LogP contribution >= 0.6 is 0 Å². The van der Waals surface area contributed by atoms with Crippen LogP contribution in [0.25, 0.3) is 0 Å². The van der Waals surface area contributed by atoms with Crippen LogP contribution < -0.4 is 4.74 Å². The molecule has 112 valence electrons. The van der Waals surface area contributed by atoms with E-state index in [0.717, 1.165) is 36.1 Å². The third-order valence-corrected chi connectivity index (χ3v) is 2.97. The Balaban J connectivity index is 2.20. The zero-order chi connectivity index (χ0) is 14.8. The van der Waals surface area contributed by atoms with Crippen molar-refractivity contribution in [2.24, 2.45) is 0 Å². The van der Waals surface area contributed by atoms with E-state index in [1.165, 1.54) is 0 Å². The number of aliphatic hydroxyl groups excluding tert-OH is 1. The number of hydrogen-bond donors (Lipinski definition) is 1. The summed E-state index contributed by atoms with van der Waals surface area (Å²) in [5.41, 5.74) is 1.92. The lowest BCUT2D eigenvalue weighted by atomic mass is 10.1. The van der Waals surface area contributed by atoms with Crippen LogP contribution in [0.2, 0.25) is 0 Å². The number of unbranched alkanes of at least 4 members (excludes halogenated alkanes) is 2. The molecule has 0 aliphatic heterocycles. The van der Waals surface area contributed by atoms with Gasteiger partial charge in [-0.05, 0) is 39.2 Å². The number of hydrogen-bond acceptors (Lipinski definition) is 4. The van der Waals surface area contributed by atoms with E-state index in [0.29, 0.717) is 19.6 Å². The summed E-state index contributed by atoms with van der Waals surface area (Å²) in [6.07, 6.45) is 3.11. The van der Waals surface area contributed by atoms with Crippen LogP contribution in [0.3, 0.4) is 0 Å².